The molecule has 5 aromatic rings. The Kier molecular flexibility index (Phi) is 7.50. The third-order valence-electron chi connectivity index (χ3n) is 6.75. The number of aromatic nitrogens is 1. The first-order valence-corrected chi connectivity index (χ1v) is 13.0. The van der Waals surface area contributed by atoms with Gasteiger partial charge in [-0.05, 0) is 66.9 Å². The van der Waals surface area contributed by atoms with E-state index < -0.39 is 18.0 Å². The molecule has 0 aliphatic carbocycles. The van der Waals surface area contributed by atoms with Crippen molar-refractivity contribution in [3.63, 3.8) is 0 Å². The van der Waals surface area contributed by atoms with Crippen LogP contribution in [0.5, 0.6) is 17.2 Å². The molecular weight excluding hydrogens is 492 g/mol. The van der Waals surface area contributed by atoms with Gasteiger partial charge in [-0.2, -0.15) is 0 Å². The molecule has 39 heavy (non-hydrogen) atoms. The standard InChI is InChI=1S/C32H30N2O5/c1-2-3-14-28(32(36)37)39-27-15-8-13-26-30(27)29-24(31(33)35)11-7-12-25(29)34(26)20-21-16-18-23(19-17-21)38-22-9-5-4-6-10-22/h4-13,15-19,28H,2-3,14,20H2,1H3,(H2,33,35)(H,36,37). The second kappa shape index (κ2) is 11.3. The Labute approximate surface area is 226 Å². The Bertz CT molecular complexity index is 1620. The molecule has 0 aliphatic heterocycles. The van der Waals surface area contributed by atoms with Gasteiger partial charge in [0.25, 0.3) is 0 Å². The van der Waals surface area contributed by atoms with Gasteiger partial charge >= 0.3 is 5.97 Å². The summed E-state index contributed by atoms with van der Waals surface area (Å²) in [5.41, 5.74) is 8.79. The molecule has 1 heterocycles. The molecule has 0 saturated heterocycles. The van der Waals surface area contributed by atoms with Gasteiger partial charge in [0.15, 0.2) is 6.10 Å². The molecule has 7 heteroatoms. The van der Waals surface area contributed by atoms with E-state index in [2.05, 4.69) is 4.57 Å². The number of carbonyl (C=O) groups excluding carboxylic acids is 1. The van der Waals surface area contributed by atoms with Crippen molar-refractivity contribution in [2.24, 2.45) is 5.73 Å². The molecule has 1 aromatic heterocycles. The summed E-state index contributed by atoms with van der Waals surface area (Å²) in [6.45, 7) is 2.52. The fourth-order valence-electron chi connectivity index (χ4n) is 4.87. The van der Waals surface area contributed by atoms with Crippen LogP contribution < -0.4 is 15.2 Å². The van der Waals surface area contributed by atoms with Crippen molar-refractivity contribution in [1.29, 1.82) is 0 Å². The predicted molar refractivity (Wildman–Crippen MR) is 152 cm³/mol. The van der Waals surface area contributed by atoms with E-state index in [-0.39, 0.29) is 0 Å². The van der Waals surface area contributed by atoms with E-state index in [1.807, 2.05) is 79.7 Å². The second-order valence-corrected chi connectivity index (χ2v) is 9.45. The summed E-state index contributed by atoms with van der Waals surface area (Å²) in [5.74, 6) is 0.332. The zero-order chi connectivity index (χ0) is 27.4. The fraction of sp³-hybridized carbons (Fsp3) is 0.188. The van der Waals surface area contributed by atoms with Crippen LogP contribution in [0, 0.1) is 0 Å². The van der Waals surface area contributed by atoms with Gasteiger partial charge in [-0.1, -0.05) is 55.8 Å². The molecule has 198 valence electrons. The Morgan fingerprint density at radius 2 is 1.51 bits per heavy atom. The maximum atomic E-state index is 12.5. The zero-order valence-electron chi connectivity index (χ0n) is 21.7. The van der Waals surface area contributed by atoms with Crippen LogP contribution >= 0.6 is 0 Å². The van der Waals surface area contributed by atoms with Crippen LogP contribution in [-0.2, 0) is 11.3 Å². The van der Waals surface area contributed by atoms with Crippen LogP contribution in [-0.4, -0.2) is 27.7 Å². The number of ether oxygens (including phenoxy) is 2. The van der Waals surface area contributed by atoms with Crippen molar-refractivity contribution in [1.82, 2.24) is 4.57 Å². The first-order chi connectivity index (χ1) is 19.0. The average molecular weight is 523 g/mol. The third kappa shape index (κ3) is 5.43. The molecule has 4 aromatic carbocycles. The van der Waals surface area contributed by atoms with Gasteiger partial charge in [-0.15, -0.1) is 0 Å². The number of fused-ring (bicyclic) bond motifs is 3. The largest absolute Gasteiger partial charge is 0.479 e. The smallest absolute Gasteiger partial charge is 0.344 e. The molecule has 0 aliphatic rings. The normalized spacial score (nSPS) is 11.9. The van der Waals surface area contributed by atoms with Crippen molar-refractivity contribution in [2.45, 2.75) is 38.8 Å². The fourth-order valence-corrected chi connectivity index (χ4v) is 4.87. The molecule has 0 bridgehead atoms. The summed E-state index contributed by atoms with van der Waals surface area (Å²) in [6, 6.07) is 28.4. The molecule has 0 radical (unpaired) electrons. The molecule has 1 unspecified atom stereocenters. The van der Waals surface area contributed by atoms with Crippen LogP contribution in [0.4, 0.5) is 0 Å². The molecule has 7 nitrogen and oxygen atoms in total. The minimum Gasteiger partial charge on any atom is -0.479 e. The summed E-state index contributed by atoms with van der Waals surface area (Å²) >= 11 is 0. The Hall–Kier alpha value is -4.78. The molecule has 0 saturated carbocycles. The lowest BCUT2D eigenvalue weighted by molar-refractivity contribution is -0.145. The first-order valence-electron chi connectivity index (χ1n) is 13.0. The SMILES string of the molecule is CCCCC(Oc1cccc2c1c1c(C(N)=O)cccc1n2Cc1ccc(Oc2ccccc2)cc1)C(=O)O. The molecule has 0 spiro atoms. The van der Waals surface area contributed by atoms with E-state index in [0.717, 1.165) is 40.9 Å². The maximum absolute atomic E-state index is 12.5. The topological polar surface area (TPSA) is 104 Å². The summed E-state index contributed by atoms with van der Waals surface area (Å²) in [6.07, 6.45) is 0.982. The van der Waals surface area contributed by atoms with Crippen LogP contribution in [0.15, 0.2) is 91.0 Å². The first kappa shape index (κ1) is 25.9. The lowest BCUT2D eigenvalue weighted by atomic mass is 10.0. The summed E-state index contributed by atoms with van der Waals surface area (Å²) in [7, 11) is 0. The number of carbonyl (C=O) groups is 2. The lowest BCUT2D eigenvalue weighted by Crippen LogP contribution is -2.27. The van der Waals surface area contributed by atoms with Crippen molar-refractivity contribution in [3.8, 4) is 17.2 Å². The second-order valence-electron chi connectivity index (χ2n) is 9.45. The van der Waals surface area contributed by atoms with Crippen LogP contribution in [0.3, 0.4) is 0 Å². The Balaban J connectivity index is 1.57. The molecule has 1 amide bonds. The van der Waals surface area contributed by atoms with Crippen molar-refractivity contribution < 1.29 is 24.2 Å². The van der Waals surface area contributed by atoms with Gasteiger partial charge in [-0.25, -0.2) is 4.79 Å². The number of aliphatic carboxylic acids is 1. The number of rotatable bonds is 11. The number of nitrogens with zero attached hydrogens (tertiary/aromatic N) is 1. The van der Waals surface area contributed by atoms with Gasteiger partial charge in [0.05, 0.1) is 16.4 Å². The average Bonchev–Trinajstić information content (AvgIpc) is 3.26. The number of para-hydroxylation sites is 1. The van der Waals surface area contributed by atoms with E-state index in [9.17, 15) is 14.7 Å². The molecule has 3 N–H and O–H groups in total. The highest BCUT2D eigenvalue weighted by molar-refractivity contribution is 6.19. The Morgan fingerprint density at radius 3 is 2.18 bits per heavy atom. The van der Waals surface area contributed by atoms with Gasteiger partial charge < -0.3 is 24.9 Å². The summed E-state index contributed by atoms with van der Waals surface area (Å²) in [5, 5.41) is 11.1. The molecule has 5 rings (SSSR count). The zero-order valence-corrected chi connectivity index (χ0v) is 21.7. The summed E-state index contributed by atoms with van der Waals surface area (Å²) < 4.78 is 14.1. The molecular formula is C32H30N2O5. The number of amides is 1. The number of hydrogen-bond acceptors (Lipinski definition) is 4. The molecule has 0 fully saturated rings. The highest BCUT2D eigenvalue weighted by Gasteiger charge is 2.24. The van der Waals surface area contributed by atoms with E-state index in [4.69, 9.17) is 15.2 Å². The number of carboxylic acid groups (broad SMARTS) is 1. The number of benzene rings is 4. The van der Waals surface area contributed by atoms with Crippen LogP contribution in [0.1, 0.15) is 42.1 Å². The number of carboxylic acids is 1. The van der Waals surface area contributed by atoms with Gasteiger partial charge in [0.2, 0.25) is 5.91 Å². The van der Waals surface area contributed by atoms with Crippen molar-refractivity contribution in [3.05, 3.63) is 102 Å². The number of unbranched alkanes of at least 4 members (excludes halogenated alkanes) is 1. The summed E-state index contributed by atoms with van der Waals surface area (Å²) in [4.78, 5) is 24.4. The van der Waals surface area contributed by atoms with Crippen LogP contribution in [0.25, 0.3) is 21.8 Å². The minimum absolute atomic E-state index is 0.361. The predicted octanol–water partition coefficient (Wildman–Crippen LogP) is 6.76. The number of hydrogen-bond donors (Lipinski definition) is 2. The van der Waals surface area contributed by atoms with E-state index in [1.165, 1.54) is 0 Å². The quantitative estimate of drug-likeness (QED) is 0.200. The van der Waals surface area contributed by atoms with E-state index in [0.29, 0.717) is 35.1 Å². The van der Waals surface area contributed by atoms with Crippen LogP contribution in [0.2, 0.25) is 0 Å². The molecule has 1 atom stereocenters. The van der Waals surface area contributed by atoms with Gasteiger partial charge in [-0.3, -0.25) is 4.79 Å². The number of primary amides is 1. The third-order valence-corrected chi connectivity index (χ3v) is 6.75. The number of nitrogens with two attached hydrogens (primary N) is 1. The maximum Gasteiger partial charge on any atom is 0.344 e. The van der Waals surface area contributed by atoms with Gasteiger partial charge in [0, 0.05) is 17.5 Å². The van der Waals surface area contributed by atoms with Crippen molar-refractivity contribution in [2.75, 3.05) is 0 Å². The van der Waals surface area contributed by atoms with Crippen molar-refractivity contribution >= 4 is 33.7 Å². The van der Waals surface area contributed by atoms with E-state index in [1.54, 1.807) is 18.2 Å². The minimum atomic E-state index is -1.02. The lowest BCUT2D eigenvalue weighted by Gasteiger charge is -2.16. The monoisotopic (exact) mass is 522 g/mol. The van der Waals surface area contributed by atoms with Gasteiger partial charge in [0.1, 0.15) is 17.2 Å². The van der Waals surface area contributed by atoms with E-state index >= 15 is 0 Å². The Morgan fingerprint density at radius 1 is 0.846 bits per heavy atom. The highest BCUT2D eigenvalue weighted by atomic mass is 16.5. The highest BCUT2D eigenvalue weighted by Crippen LogP contribution is 2.39.